The lowest BCUT2D eigenvalue weighted by Crippen LogP contribution is -2.44. The Balaban J connectivity index is 1.38. The van der Waals surface area contributed by atoms with Gasteiger partial charge in [0.05, 0.1) is 14.7 Å². The highest BCUT2D eigenvalue weighted by Crippen LogP contribution is 2.32. The van der Waals surface area contributed by atoms with E-state index in [0.717, 1.165) is 23.2 Å². The first-order valence-corrected chi connectivity index (χ1v) is 15.9. The minimum atomic E-state index is -4.04. The number of rotatable bonds is 7. The summed E-state index contributed by atoms with van der Waals surface area (Å²) in [6.07, 6.45) is 1.24. The van der Waals surface area contributed by atoms with Gasteiger partial charge in [-0.2, -0.15) is 0 Å². The van der Waals surface area contributed by atoms with Gasteiger partial charge in [-0.1, -0.05) is 56.3 Å². The van der Waals surface area contributed by atoms with E-state index in [0.29, 0.717) is 31.5 Å². The lowest BCUT2D eigenvalue weighted by Gasteiger charge is -2.34. The van der Waals surface area contributed by atoms with E-state index < -0.39 is 25.7 Å². The van der Waals surface area contributed by atoms with Gasteiger partial charge in [-0.3, -0.25) is 0 Å². The summed E-state index contributed by atoms with van der Waals surface area (Å²) in [5.41, 5.74) is 1.67. The molecule has 0 radical (unpaired) electrons. The summed E-state index contributed by atoms with van der Waals surface area (Å²) in [6.45, 7) is 5.12. The number of piperidine rings is 1. The maximum Gasteiger partial charge on any atom is 0.241 e. The first-order valence-electron chi connectivity index (χ1n) is 13.0. The summed E-state index contributed by atoms with van der Waals surface area (Å²) in [5, 5.41) is 2.33. The highest BCUT2D eigenvalue weighted by atomic mass is 32.2. The smallest absolute Gasteiger partial charge is 0.241 e. The molecule has 39 heavy (non-hydrogen) atoms. The van der Waals surface area contributed by atoms with Crippen LogP contribution < -0.4 is 9.62 Å². The van der Waals surface area contributed by atoms with Gasteiger partial charge in [0, 0.05) is 30.2 Å². The topological polar surface area (TPSA) is 83.5 Å². The van der Waals surface area contributed by atoms with E-state index in [1.54, 1.807) is 6.07 Å². The standard InChI is InChI=1S/C30H31FN2O4S2/c1-21(2)27-15-14-26(38(34,35)25-12-10-23(31)11-13-25)20-30(27)39(36,37)32-24-16-18-33(19-17-24)29-9-5-7-22-6-3-4-8-28(22)29/h3-15,20-21,24,32H,16-19H2,1-2H3. The van der Waals surface area contributed by atoms with Gasteiger partial charge in [0.15, 0.2) is 0 Å². The number of hydrogen-bond donors (Lipinski definition) is 1. The van der Waals surface area contributed by atoms with Gasteiger partial charge in [-0.15, -0.1) is 0 Å². The molecule has 1 N–H and O–H groups in total. The summed E-state index contributed by atoms with van der Waals surface area (Å²) < 4.78 is 69.9. The summed E-state index contributed by atoms with van der Waals surface area (Å²) in [5.74, 6) is -0.699. The Morgan fingerprint density at radius 1 is 0.821 bits per heavy atom. The van der Waals surface area contributed by atoms with Gasteiger partial charge >= 0.3 is 0 Å². The fraction of sp³-hybridized carbons (Fsp3) is 0.267. The van der Waals surface area contributed by atoms with Crippen molar-refractivity contribution >= 4 is 36.3 Å². The quantitative estimate of drug-likeness (QED) is 0.283. The number of nitrogens with one attached hydrogen (secondary N) is 1. The van der Waals surface area contributed by atoms with Crippen LogP contribution in [0.2, 0.25) is 0 Å². The molecule has 1 saturated heterocycles. The molecule has 0 unspecified atom stereocenters. The minimum absolute atomic E-state index is 0.0443. The minimum Gasteiger partial charge on any atom is -0.371 e. The van der Waals surface area contributed by atoms with Crippen molar-refractivity contribution in [3.05, 3.63) is 96.3 Å². The number of sulfone groups is 1. The van der Waals surface area contributed by atoms with Gasteiger partial charge < -0.3 is 4.90 Å². The molecule has 1 fully saturated rings. The van der Waals surface area contributed by atoms with Crippen LogP contribution in [0, 0.1) is 5.82 Å². The van der Waals surface area contributed by atoms with Crippen molar-refractivity contribution in [2.75, 3.05) is 18.0 Å². The Morgan fingerprint density at radius 2 is 1.46 bits per heavy atom. The third-order valence-corrected chi connectivity index (χ3v) is 10.6. The van der Waals surface area contributed by atoms with Crippen LogP contribution in [0.4, 0.5) is 10.1 Å². The molecule has 1 aliphatic heterocycles. The molecular formula is C30H31FN2O4S2. The fourth-order valence-electron chi connectivity index (χ4n) is 5.15. The maximum absolute atomic E-state index is 13.6. The van der Waals surface area contributed by atoms with Crippen molar-refractivity contribution in [1.82, 2.24) is 4.72 Å². The molecule has 1 aliphatic rings. The second-order valence-electron chi connectivity index (χ2n) is 10.2. The molecule has 1 heterocycles. The van der Waals surface area contributed by atoms with E-state index in [-0.39, 0.29) is 26.6 Å². The summed E-state index contributed by atoms with van der Waals surface area (Å²) >= 11 is 0. The molecule has 0 atom stereocenters. The Bertz CT molecular complexity index is 1710. The van der Waals surface area contributed by atoms with Crippen molar-refractivity contribution in [3.8, 4) is 0 Å². The van der Waals surface area contributed by atoms with Crippen LogP contribution >= 0.6 is 0 Å². The molecule has 0 saturated carbocycles. The van der Waals surface area contributed by atoms with Gasteiger partial charge in [0.2, 0.25) is 19.9 Å². The molecule has 0 bridgehead atoms. The summed E-state index contributed by atoms with van der Waals surface area (Å²) in [7, 11) is -8.05. The zero-order chi connectivity index (χ0) is 27.8. The van der Waals surface area contributed by atoms with E-state index in [9.17, 15) is 21.2 Å². The predicted octanol–water partition coefficient (Wildman–Crippen LogP) is 5.88. The number of fused-ring (bicyclic) bond motifs is 1. The van der Waals surface area contributed by atoms with Gasteiger partial charge in [-0.05, 0) is 72.2 Å². The Kier molecular flexibility index (Phi) is 7.50. The van der Waals surface area contributed by atoms with Crippen molar-refractivity contribution in [1.29, 1.82) is 0 Å². The van der Waals surface area contributed by atoms with E-state index in [1.165, 1.54) is 29.7 Å². The monoisotopic (exact) mass is 566 g/mol. The summed E-state index contributed by atoms with van der Waals surface area (Å²) in [6, 6.07) is 22.8. The van der Waals surface area contributed by atoms with Crippen LogP contribution in [0.1, 0.15) is 38.2 Å². The largest absolute Gasteiger partial charge is 0.371 e. The van der Waals surface area contributed by atoms with Crippen molar-refractivity contribution in [2.24, 2.45) is 0 Å². The highest BCUT2D eigenvalue weighted by Gasteiger charge is 2.29. The van der Waals surface area contributed by atoms with E-state index in [1.807, 2.05) is 32.0 Å². The third kappa shape index (κ3) is 5.57. The second-order valence-corrected chi connectivity index (χ2v) is 13.8. The van der Waals surface area contributed by atoms with Gasteiger partial charge in [0.1, 0.15) is 5.82 Å². The molecule has 0 aliphatic carbocycles. The molecule has 6 nitrogen and oxygen atoms in total. The van der Waals surface area contributed by atoms with Crippen LogP contribution in [-0.2, 0) is 19.9 Å². The second kappa shape index (κ2) is 10.7. The van der Waals surface area contributed by atoms with Crippen LogP contribution in [-0.4, -0.2) is 36.0 Å². The summed E-state index contributed by atoms with van der Waals surface area (Å²) in [4.78, 5) is 1.99. The van der Waals surface area contributed by atoms with Crippen LogP contribution in [0.15, 0.2) is 99.6 Å². The molecule has 0 aromatic heterocycles. The number of halogens is 1. The number of anilines is 1. The van der Waals surface area contributed by atoms with Crippen molar-refractivity contribution < 1.29 is 21.2 Å². The first-order chi connectivity index (χ1) is 18.6. The van der Waals surface area contributed by atoms with E-state index in [4.69, 9.17) is 0 Å². The Hall–Kier alpha value is -3.27. The van der Waals surface area contributed by atoms with E-state index >= 15 is 0 Å². The normalized spacial score (nSPS) is 15.2. The molecule has 4 aromatic carbocycles. The first kappa shape index (κ1) is 27.3. The molecule has 9 heteroatoms. The fourth-order valence-corrected chi connectivity index (χ4v) is 8.21. The van der Waals surface area contributed by atoms with E-state index in [2.05, 4.69) is 33.9 Å². The molecule has 204 valence electrons. The molecule has 4 aromatic rings. The zero-order valence-electron chi connectivity index (χ0n) is 21.8. The number of nitrogens with zero attached hydrogens (tertiary/aromatic N) is 1. The highest BCUT2D eigenvalue weighted by molar-refractivity contribution is 7.91. The number of hydrogen-bond acceptors (Lipinski definition) is 5. The SMILES string of the molecule is CC(C)c1ccc(S(=O)(=O)c2ccc(F)cc2)cc1S(=O)(=O)NC1CCN(c2cccc3ccccc23)CC1. The van der Waals surface area contributed by atoms with Gasteiger partial charge in [-0.25, -0.2) is 25.9 Å². The average molecular weight is 567 g/mol. The molecule has 0 spiro atoms. The maximum atomic E-state index is 13.6. The zero-order valence-corrected chi connectivity index (χ0v) is 23.5. The average Bonchev–Trinajstić information content (AvgIpc) is 2.93. The van der Waals surface area contributed by atoms with Gasteiger partial charge in [0.25, 0.3) is 0 Å². The lowest BCUT2D eigenvalue weighted by atomic mass is 10.0. The molecule has 5 rings (SSSR count). The van der Waals surface area contributed by atoms with Crippen molar-refractivity contribution in [3.63, 3.8) is 0 Å². The van der Waals surface area contributed by atoms with Crippen LogP contribution in [0.3, 0.4) is 0 Å². The van der Waals surface area contributed by atoms with Crippen LogP contribution in [0.5, 0.6) is 0 Å². The van der Waals surface area contributed by atoms with Crippen LogP contribution in [0.25, 0.3) is 10.8 Å². The number of sulfonamides is 1. The molecular weight excluding hydrogens is 535 g/mol. The Morgan fingerprint density at radius 3 is 2.15 bits per heavy atom. The Labute approximate surface area is 229 Å². The predicted molar refractivity (Wildman–Crippen MR) is 152 cm³/mol. The third-order valence-electron chi connectivity index (χ3n) is 7.25. The molecule has 0 amide bonds. The number of benzene rings is 4. The van der Waals surface area contributed by atoms with Crippen molar-refractivity contribution in [2.45, 2.75) is 53.3 Å². The lowest BCUT2D eigenvalue weighted by molar-refractivity contribution is 0.460.